The molecule has 116 valence electrons. The Morgan fingerprint density at radius 2 is 1.83 bits per heavy atom. The van der Waals surface area contributed by atoms with Gasteiger partial charge in [0.25, 0.3) is 5.91 Å². The van der Waals surface area contributed by atoms with Crippen molar-refractivity contribution in [2.45, 2.75) is 19.3 Å². The van der Waals surface area contributed by atoms with Crippen molar-refractivity contribution in [1.29, 1.82) is 5.26 Å². The third-order valence-corrected chi connectivity index (χ3v) is 4.26. The Kier molecular flexibility index (Phi) is 3.98. The summed E-state index contributed by atoms with van der Waals surface area (Å²) in [5, 5.41) is 9.58. The van der Waals surface area contributed by atoms with Crippen LogP contribution < -0.4 is 10.9 Å². The van der Waals surface area contributed by atoms with E-state index in [9.17, 15) is 14.4 Å². The van der Waals surface area contributed by atoms with Crippen LogP contribution in [0.5, 0.6) is 0 Å². The van der Waals surface area contributed by atoms with E-state index in [2.05, 4.69) is 16.9 Å². The van der Waals surface area contributed by atoms with Gasteiger partial charge in [-0.2, -0.15) is 5.26 Å². The molecule has 0 unspecified atom stereocenters. The lowest BCUT2D eigenvalue weighted by molar-refractivity contribution is -0.128. The van der Waals surface area contributed by atoms with E-state index in [1.165, 1.54) is 17.7 Å². The predicted molar refractivity (Wildman–Crippen MR) is 84.7 cm³/mol. The van der Waals surface area contributed by atoms with Crippen LogP contribution in [0.15, 0.2) is 48.5 Å². The molecule has 1 amide bonds. The van der Waals surface area contributed by atoms with Crippen LogP contribution >= 0.6 is 0 Å². The highest BCUT2D eigenvalue weighted by Gasteiger charge is 2.41. The molecule has 0 radical (unpaired) electrons. The molecule has 1 aliphatic rings. The lowest BCUT2D eigenvalue weighted by atomic mass is 9.72. The molecule has 0 saturated heterocycles. The number of nitrogens with one attached hydrogen (secondary N) is 2. The Labute approximate surface area is 133 Å². The summed E-state index contributed by atoms with van der Waals surface area (Å²) in [6.07, 6.45) is 1.49. The van der Waals surface area contributed by atoms with Crippen LogP contribution in [0.25, 0.3) is 0 Å². The van der Waals surface area contributed by atoms with E-state index in [0.717, 1.165) is 5.56 Å². The molecule has 0 aliphatic heterocycles. The number of carbonyl (C=O) groups excluding carboxylic acids is 1. The molecule has 4 nitrogen and oxygen atoms in total. The van der Waals surface area contributed by atoms with E-state index >= 15 is 0 Å². The number of halogens is 1. The smallest absolute Gasteiger partial charge is 0.259 e. The van der Waals surface area contributed by atoms with Gasteiger partial charge < -0.3 is 0 Å². The van der Waals surface area contributed by atoms with Gasteiger partial charge >= 0.3 is 0 Å². The van der Waals surface area contributed by atoms with Gasteiger partial charge in [0, 0.05) is 6.42 Å². The van der Waals surface area contributed by atoms with Gasteiger partial charge in [-0.15, -0.1) is 0 Å². The molecule has 0 heterocycles. The van der Waals surface area contributed by atoms with Gasteiger partial charge in [0.05, 0.1) is 11.8 Å². The molecule has 0 saturated carbocycles. The first-order valence-electron chi connectivity index (χ1n) is 7.44. The maximum Gasteiger partial charge on any atom is 0.259 e. The van der Waals surface area contributed by atoms with Gasteiger partial charge in [0.15, 0.2) is 0 Å². The number of fused-ring (bicyclic) bond motifs is 1. The highest BCUT2D eigenvalue weighted by Crippen LogP contribution is 2.35. The zero-order valence-corrected chi connectivity index (χ0v) is 12.5. The number of anilines is 1. The van der Waals surface area contributed by atoms with Crippen LogP contribution in [0.4, 0.5) is 10.1 Å². The van der Waals surface area contributed by atoms with Gasteiger partial charge in [0.2, 0.25) is 0 Å². The summed E-state index contributed by atoms with van der Waals surface area (Å²) in [4.78, 5) is 12.5. The second-order valence-electron chi connectivity index (χ2n) is 5.70. The maximum absolute atomic E-state index is 13.6. The Balaban J connectivity index is 1.75. The topological polar surface area (TPSA) is 64.9 Å². The average molecular weight is 309 g/mol. The number of aryl methyl sites for hydroxylation is 1. The van der Waals surface area contributed by atoms with E-state index in [1.807, 2.05) is 24.3 Å². The molecule has 23 heavy (non-hydrogen) atoms. The van der Waals surface area contributed by atoms with Gasteiger partial charge in [-0.1, -0.05) is 36.4 Å². The SMILES string of the molecule is N#C[C@@]1(C(=O)NNc2ccccc2F)CCc2ccccc2C1. The zero-order chi connectivity index (χ0) is 16.3. The Hall–Kier alpha value is -2.87. The molecule has 1 atom stereocenters. The summed E-state index contributed by atoms with van der Waals surface area (Å²) >= 11 is 0. The minimum atomic E-state index is -1.13. The lowest BCUT2D eigenvalue weighted by Crippen LogP contribution is -2.46. The number of amides is 1. The van der Waals surface area contributed by atoms with E-state index in [1.54, 1.807) is 12.1 Å². The molecular formula is C18H16FN3O. The highest BCUT2D eigenvalue weighted by molar-refractivity contribution is 5.87. The number of hydrogen-bond acceptors (Lipinski definition) is 3. The van der Waals surface area contributed by atoms with Crippen LogP contribution in [0, 0.1) is 22.6 Å². The van der Waals surface area contributed by atoms with Gasteiger partial charge in [-0.25, -0.2) is 4.39 Å². The Morgan fingerprint density at radius 3 is 2.57 bits per heavy atom. The quantitative estimate of drug-likeness (QED) is 0.857. The molecule has 0 bridgehead atoms. The molecule has 5 heteroatoms. The largest absolute Gasteiger partial charge is 0.296 e. The number of carbonyl (C=O) groups is 1. The van der Waals surface area contributed by atoms with Crippen LogP contribution in [-0.4, -0.2) is 5.91 Å². The van der Waals surface area contributed by atoms with Crippen molar-refractivity contribution in [3.8, 4) is 6.07 Å². The minimum absolute atomic E-state index is 0.171. The molecule has 0 aromatic heterocycles. The van der Waals surface area contributed by atoms with E-state index < -0.39 is 17.1 Å². The summed E-state index contributed by atoms with van der Waals surface area (Å²) in [5.41, 5.74) is 6.28. The first-order chi connectivity index (χ1) is 11.1. The third kappa shape index (κ3) is 2.88. The van der Waals surface area contributed by atoms with Crippen molar-refractivity contribution in [2.24, 2.45) is 5.41 Å². The molecule has 2 aromatic rings. The summed E-state index contributed by atoms with van der Waals surface area (Å²) in [6.45, 7) is 0. The first-order valence-corrected chi connectivity index (χ1v) is 7.44. The van der Waals surface area contributed by atoms with E-state index in [-0.39, 0.29) is 5.69 Å². The second kappa shape index (κ2) is 6.09. The molecular weight excluding hydrogens is 293 g/mol. The lowest BCUT2D eigenvalue weighted by Gasteiger charge is -2.31. The Morgan fingerprint density at radius 1 is 1.13 bits per heavy atom. The first kappa shape index (κ1) is 15.0. The van der Waals surface area contributed by atoms with Crippen molar-refractivity contribution in [1.82, 2.24) is 5.43 Å². The number of hydrazine groups is 1. The molecule has 3 rings (SSSR count). The fraction of sp³-hybridized carbons (Fsp3) is 0.222. The Bertz CT molecular complexity index is 784. The molecule has 0 spiro atoms. The average Bonchev–Trinajstić information content (AvgIpc) is 2.60. The van der Waals surface area contributed by atoms with Crippen molar-refractivity contribution in [3.63, 3.8) is 0 Å². The monoisotopic (exact) mass is 309 g/mol. The van der Waals surface area contributed by atoms with Crippen LogP contribution in [-0.2, 0) is 17.6 Å². The predicted octanol–water partition coefficient (Wildman–Crippen LogP) is 2.97. The number of nitriles is 1. The minimum Gasteiger partial charge on any atom is -0.296 e. The number of hydrogen-bond donors (Lipinski definition) is 2. The standard InChI is InChI=1S/C18H16FN3O/c19-15-7-3-4-8-16(15)21-22-17(23)18(12-20)10-9-13-5-1-2-6-14(13)11-18/h1-8,21H,9-11H2,(H,22,23)/t18-/m1/s1. The van der Waals surface area contributed by atoms with E-state index in [4.69, 9.17) is 0 Å². The third-order valence-electron chi connectivity index (χ3n) is 4.26. The summed E-state index contributed by atoms with van der Waals surface area (Å²) in [7, 11) is 0. The molecule has 0 fully saturated rings. The fourth-order valence-electron chi connectivity index (χ4n) is 2.88. The van der Waals surface area contributed by atoms with Gasteiger partial charge in [-0.3, -0.25) is 15.6 Å². The number of para-hydroxylation sites is 1. The molecule has 2 aromatic carbocycles. The van der Waals surface area contributed by atoms with Crippen molar-refractivity contribution in [2.75, 3.05) is 5.43 Å². The summed E-state index contributed by atoms with van der Waals surface area (Å²) in [6, 6.07) is 16.0. The van der Waals surface area contributed by atoms with Gasteiger partial charge in [0.1, 0.15) is 11.2 Å². The zero-order valence-electron chi connectivity index (χ0n) is 12.5. The van der Waals surface area contributed by atoms with Crippen molar-refractivity contribution in [3.05, 3.63) is 65.5 Å². The summed E-state index contributed by atoms with van der Waals surface area (Å²) < 4.78 is 13.6. The van der Waals surface area contributed by atoms with Crippen molar-refractivity contribution < 1.29 is 9.18 Å². The number of benzene rings is 2. The van der Waals surface area contributed by atoms with Gasteiger partial charge in [-0.05, 0) is 36.1 Å². The number of rotatable bonds is 3. The maximum atomic E-state index is 13.6. The summed E-state index contributed by atoms with van der Waals surface area (Å²) in [5.74, 6) is -0.898. The molecule has 1 aliphatic carbocycles. The van der Waals surface area contributed by atoms with Crippen LogP contribution in [0.1, 0.15) is 17.5 Å². The van der Waals surface area contributed by atoms with Crippen LogP contribution in [0.2, 0.25) is 0 Å². The fourth-order valence-corrected chi connectivity index (χ4v) is 2.88. The number of nitrogens with zero attached hydrogens (tertiary/aromatic N) is 1. The second-order valence-corrected chi connectivity index (χ2v) is 5.70. The van der Waals surface area contributed by atoms with E-state index in [0.29, 0.717) is 19.3 Å². The van der Waals surface area contributed by atoms with Crippen molar-refractivity contribution >= 4 is 11.6 Å². The molecule has 2 N–H and O–H groups in total. The van der Waals surface area contributed by atoms with Crippen LogP contribution in [0.3, 0.4) is 0 Å². The normalized spacial score (nSPS) is 19.3. The highest BCUT2D eigenvalue weighted by atomic mass is 19.1.